The third-order valence-corrected chi connectivity index (χ3v) is 2.35. The van der Waals surface area contributed by atoms with E-state index in [0.717, 1.165) is 0 Å². The van der Waals surface area contributed by atoms with Crippen LogP contribution >= 0.6 is 23.2 Å². The van der Waals surface area contributed by atoms with Crippen LogP contribution in [0.1, 0.15) is 21.0 Å². The Morgan fingerprint density at radius 3 is 1.83 bits per heavy atom. The van der Waals surface area contributed by atoms with Gasteiger partial charge in [0.2, 0.25) is 0 Å². The van der Waals surface area contributed by atoms with Gasteiger partial charge in [0.15, 0.2) is 0 Å². The van der Waals surface area contributed by atoms with Crippen LogP contribution in [0.25, 0.3) is 0 Å². The molecule has 0 fully saturated rings. The van der Waals surface area contributed by atoms with Crippen LogP contribution in [0.2, 0.25) is 0 Å². The Morgan fingerprint density at radius 1 is 1.00 bits per heavy atom. The zero-order valence-corrected chi connectivity index (χ0v) is 11.1. The van der Waals surface area contributed by atoms with Gasteiger partial charge in [0, 0.05) is 24.8 Å². The van der Waals surface area contributed by atoms with Crippen LogP contribution < -0.4 is 10.6 Å². The van der Waals surface area contributed by atoms with E-state index in [1.54, 1.807) is 6.07 Å². The molecule has 7 heteroatoms. The van der Waals surface area contributed by atoms with E-state index in [0.29, 0.717) is 24.8 Å². The van der Waals surface area contributed by atoms with Crippen molar-refractivity contribution in [2.45, 2.75) is 0 Å². The first-order chi connectivity index (χ1) is 8.69. The van der Waals surface area contributed by atoms with E-state index in [4.69, 9.17) is 23.2 Å². The number of rotatable bonds is 6. The zero-order chi connectivity index (χ0) is 13.4. The summed E-state index contributed by atoms with van der Waals surface area (Å²) in [6.45, 7) is 0.704. The Kier molecular flexibility index (Phi) is 6.46. The van der Waals surface area contributed by atoms with Crippen molar-refractivity contribution in [2.75, 3.05) is 24.8 Å². The van der Waals surface area contributed by atoms with Gasteiger partial charge in [-0.15, -0.1) is 23.2 Å². The first kappa shape index (κ1) is 14.7. The molecule has 2 amide bonds. The number of alkyl halides is 2. The average Bonchev–Trinajstić information content (AvgIpc) is 2.42. The number of hydrogen-bond acceptors (Lipinski definition) is 3. The molecule has 1 rings (SSSR count). The summed E-state index contributed by atoms with van der Waals surface area (Å²) in [6.07, 6.45) is 0. The van der Waals surface area contributed by atoms with Crippen LogP contribution in [0.4, 0.5) is 0 Å². The van der Waals surface area contributed by atoms with Crippen molar-refractivity contribution in [3.05, 3.63) is 29.6 Å². The van der Waals surface area contributed by atoms with Gasteiger partial charge in [-0.2, -0.15) is 0 Å². The van der Waals surface area contributed by atoms with E-state index in [-0.39, 0.29) is 23.2 Å². The lowest BCUT2D eigenvalue weighted by atomic mass is 10.3. The maximum atomic E-state index is 11.6. The molecule has 0 saturated heterocycles. The van der Waals surface area contributed by atoms with Crippen LogP contribution in [0.3, 0.4) is 0 Å². The molecule has 98 valence electrons. The maximum Gasteiger partial charge on any atom is 0.269 e. The van der Waals surface area contributed by atoms with E-state index < -0.39 is 0 Å². The smallest absolute Gasteiger partial charge is 0.269 e. The third kappa shape index (κ3) is 4.50. The van der Waals surface area contributed by atoms with Crippen LogP contribution in [0.15, 0.2) is 18.2 Å². The van der Waals surface area contributed by atoms with Crippen molar-refractivity contribution in [1.29, 1.82) is 0 Å². The van der Waals surface area contributed by atoms with Crippen molar-refractivity contribution in [3.63, 3.8) is 0 Å². The van der Waals surface area contributed by atoms with Gasteiger partial charge in [-0.1, -0.05) is 6.07 Å². The fraction of sp³-hybridized carbons (Fsp3) is 0.364. The van der Waals surface area contributed by atoms with Crippen LogP contribution in [-0.2, 0) is 0 Å². The van der Waals surface area contributed by atoms with Gasteiger partial charge in [0.1, 0.15) is 11.4 Å². The number of hydrogen-bond donors (Lipinski definition) is 2. The molecule has 0 unspecified atom stereocenters. The predicted octanol–water partition coefficient (Wildman–Crippen LogP) is 1.02. The summed E-state index contributed by atoms with van der Waals surface area (Å²) >= 11 is 10.9. The third-order valence-electron chi connectivity index (χ3n) is 1.97. The first-order valence-electron chi connectivity index (χ1n) is 5.34. The van der Waals surface area contributed by atoms with Crippen molar-refractivity contribution in [1.82, 2.24) is 15.6 Å². The first-order valence-corrected chi connectivity index (χ1v) is 6.41. The zero-order valence-electron chi connectivity index (χ0n) is 9.58. The number of nitrogens with zero attached hydrogens (tertiary/aromatic N) is 1. The molecule has 1 heterocycles. The molecule has 0 aromatic carbocycles. The van der Waals surface area contributed by atoms with Crippen molar-refractivity contribution in [3.8, 4) is 0 Å². The average molecular weight is 292 g/mol. The van der Waals surface area contributed by atoms with Crippen molar-refractivity contribution in [2.24, 2.45) is 0 Å². The molecule has 0 aliphatic heterocycles. The molecule has 0 radical (unpaired) electrons. The van der Waals surface area contributed by atoms with Gasteiger partial charge >= 0.3 is 0 Å². The van der Waals surface area contributed by atoms with E-state index in [2.05, 4.69) is 15.6 Å². The molecule has 0 aliphatic rings. The van der Waals surface area contributed by atoms with E-state index in [9.17, 15) is 9.59 Å². The highest BCUT2D eigenvalue weighted by Crippen LogP contribution is 2.00. The number of aromatic nitrogens is 1. The molecule has 5 nitrogen and oxygen atoms in total. The molecule has 1 aromatic heterocycles. The second-order valence-corrected chi connectivity index (χ2v) is 4.05. The summed E-state index contributed by atoms with van der Waals surface area (Å²) in [5.74, 6) is -0.0752. The normalized spacial score (nSPS) is 9.89. The molecule has 1 aromatic rings. The van der Waals surface area contributed by atoms with Gasteiger partial charge < -0.3 is 10.6 Å². The molecule has 2 N–H and O–H groups in total. The Hall–Kier alpha value is -1.33. The number of carbonyl (C=O) groups excluding carboxylic acids is 2. The molecule has 0 bridgehead atoms. The number of carbonyl (C=O) groups is 2. The second-order valence-electron chi connectivity index (χ2n) is 3.30. The number of halogens is 2. The molecule has 0 saturated carbocycles. The summed E-state index contributed by atoms with van der Waals surface area (Å²) in [7, 11) is 0. The Bertz CT molecular complexity index is 391. The highest BCUT2D eigenvalue weighted by molar-refractivity contribution is 6.18. The Labute approximate surface area is 115 Å². The SMILES string of the molecule is O=C([15NH]CCCl)c1cccc(C(=O)[15NH]CCCl)n1. The lowest BCUT2D eigenvalue weighted by Crippen LogP contribution is -2.29. The quantitative estimate of drug-likeness (QED) is 0.607. The summed E-state index contributed by atoms with van der Waals surface area (Å²) in [5, 5.41) is 5.14. The van der Waals surface area contributed by atoms with Gasteiger partial charge in [-0.05, 0) is 12.1 Å². The van der Waals surface area contributed by atoms with Gasteiger partial charge in [-0.25, -0.2) is 4.98 Å². The standard InChI is InChI=1S/C11H13Cl2N3O2/c12-4-6-14-10(17)8-2-1-3-9(16-8)11(18)15-7-5-13/h1-3H,4-7H2,(H,14,17)(H,15,18)/i14+1,15+1. The second kappa shape index (κ2) is 7.89. The Balaban J connectivity index is 2.72. The molecule has 18 heavy (non-hydrogen) atoms. The van der Waals surface area contributed by atoms with Crippen LogP contribution in [-0.4, -0.2) is 41.6 Å². The van der Waals surface area contributed by atoms with Crippen molar-refractivity contribution >= 4 is 35.0 Å². The highest BCUT2D eigenvalue weighted by atomic mass is 35.5. The molecule has 0 aliphatic carbocycles. The summed E-state index contributed by atoms with van der Waals surface area (Å²) in [4.78, 5) is 27.2. The summed E-state index contributed by atoms with van der Waals surface area (Å²) in [5.41, 5.74) is 0.359. The summed E-state index contributed by atoms with van der Waals surface area (Å²) < 4.78 is 0. The summed E-state index contributed by atoms with van der Waals surface area (Å²) in [6, 6.07) is 4.65. The van der Waals surface area contributed by atoms with E-state index in [1.165, 1.54) is 12.1 Å². The number of amides is 2. The van der Waals surface area contributed by atoms with Crippen LogP contribution in [0.5, 0.6) is 0 Å². The maximum absolute atomic E-state index is 11.6. The number of pyridine rings is 1. The molecular formula is C11H13Cl2N3O2. The molecular weight excluding hydrogens is 279 g/mol. The van der Waals surface area contributed by atoms with Gasteiger partial charge in [0.25, 0.3) is 11.8 Å². The van der Waals surface area contributed by atoms with Crippen molar-refractivity contribution < 1.29 is 9.59 Å². The Morgan fingerprint density at radius 2 is 1.44 bits per heavy atom. The predicted molar refractivity (Wildman–Crippen MR) is 70.3 cm³/mol. The molecule has 0 atom stereocenters. The van der Waals surface area contributed by atoms with E-state index in [1.807, 2.05) is 0 Å². The topological polar surface area (TPSA) is 71.1 Å². The largest absolute Gasteiger partial charge is 0.350 e. The fourth-order valence-electron chi connectivity index (χ4n) is 1.19. The van der Waals surface area contributed by atoms with Gasteiger partial charge in [0.05, 0.1) is 0 Å². The van der Waals surface area contributed by atoms with Gasteiger partial charge in [-0.3, -0.25) is 9.59 Å². The molecule has 0 spiro atoms. The van der Waals surface area contributed by atoms with E-state index >= 15 is 0 Å². The minimum absolute atomic E-state index is 0.179. The minimum atomic E-state index is -0.359. The lowest BCUT2D eigenvalue weighted by molar-refractivity contribution is 0.0947. The monoisotopic (exact) mass is 291 g/mol. The number of nitrogens with one attached hydrogen (secondary N) is 2. The van der Waals surface area contributed by atoms with Crippen LogP contribution in [0, 0.1) is 0 Å². The lowest BCUT2D eigenvalue weighted by Gasteiger charge is -2.05. The highest BCUT2D eigenvalue weighted by Gasteiger charge is 2.11. The fourth-order valence-corrected chi connectivity index (χ4v) is 1.38. The minimum Gasteiger partial charge on any atom is -0.350 e.